The molecule has 1 aliphatic heterocycles. The summed E-state index contributed by atoms with van der Waals surface area (Å²) >= 11 is 0. The van der Waals surface area contributed by atoms with Crippen LogP contribution in [-0.4, -0.2) is 43.1 Å². The molecule has 2 rings (SSSR count). The Labute approximate surface area is 121 Å². The topological polar surface area (TPSA) is 62.3 Å². The van der Waals surface area contributed by atoms with Crippen LogP contribution in [0.2, 0.25) is 0 Å². The van der Waals surface area contributed by atoms with Crippen molar-refractivity contribution in [3.63, 3.8) is 0 Å². The lowest BCUT2D eigenvalue weighted by molar-refractivity contribution is 0.0141. The molecule has 1 aromatic rings. The molecule has 20 heavy (non-hydrogen) atoms. The lowest BCUT2D eigenvalue weighted by Crippen LogP contribution is -2.41. The van der Waals surface area contributed by atoms with Gasteiger partial charge in [0.05, 0.1) is 17.9 Å². The van der Waals surface area contributed by atoms with E-state index < -0.39 is 0 Å². The van der Waals surface area contributed by atoms with Gasteiger partial charge in [-0.3, -0.25) is 5.41 Å². The molecule has 0 aromatic heterocycles. The summed E-state index contributed by atoms with van der Waals surface area (Å²) in [6, 6.07) is 10.1. The van der Waals surface area contributed by atoms with Crippen molar-refractivity contribution < 1.29 is 4.74 Å². The van der Waals surface area contributed by atoms with Crippen LogP contribution in [0.4, 0.5) is 0 Å². The summed E-state index contributed by atoms with van der Waals surface area (Å²) < 4.78 is 5.67. The van der Waals surface area contributed by atoms with E-state index in [1.807, 2.05) is 25.1 Å². The largest absolute Gasteiger partial charge is 0.387 e. The Bertz CT molecular complexity index is 413. The zero-order valence-corrected chi connectivity index (χ0v) is 12.2. The Morgan fingerprint density at radius 3 is 2.55 bits per heavy atom. The Morgan fingerprint density at radius 2 is 2.00 bits per heavy atom. The molecule has 1 aromatic carbocycles. The van der Waals surface area contributed by atoms with Gasteiger partial charge < -0.3 is 15.4 Å². The highest BCUT2D eigenvalue weighted by Gasteiger charge is 2.23. The van der Waals surface area contributed by atoms with Crippen molar-refractivity contribution in [2.75, 3.05) is 26.2 Å². The summed E-state index contributed by atoms with van der Waals surface area (Å²) in [5.74, 6) is 0.253. The number of piperidine rings is 1. The molecule has 4 heteroatoms. The summed E-state index contributed by atoms with van der Waals surface area (Å²) in [5.41, 5.74) is 6.92. The number of benzene rings is 1. The summed E-state index contributed by atoms with van der Waals surface area (Å²) in [6.45, 7) is 5.74. The molecule has 1 atom stereocenters. The van der Waals surface area contributed by atoms with Gasteiger partial charge in [0.25, 0.3) is 0 Å². The maximum absolute atomic E-state index is 7.84. The summed E-state index contributed by atoms with van der Waals surface area (Å²) in [6.07, 6.45) is 2.56. The molecular formula is C16H25N3O. The Hall–Kier alpha value is -1.39. The standard InChI is InChI=1S/C16H25N3O/c1-2-20-14-8-10-19(11-9-14)12-15(16(17)18)13-6-4-3-5-7-13/h3-7,14-15H,2,8-12H2,1H3,(H3,17,18). The van der Waals surface area contributed by atoms with E-state index in [0.717, 1.165) is 44.6 Å². The fourth-order valence-corrected chi connectivity index (χ4v) is 2.82. The van der Waals surface area contributed by atoms with E-state index in [-0.39, 0.29) is 11.8 Å². The number of amidine groups is 1. The first-order valence-corrected chi connectivity index (χ1v) is 7.43. The quantitative estimate of drug-likeness (QED) is 0.618. The van der Waals surface area contributed by atoms with E-state index in [0.29, 0.717) is 6.10 Å². The second-order valence-corrected chi connectivity index (χ2v) is 5.37. The van der Waals surface area contributed by atoms with Crippen LogP contribution in [-0.2, 0) is 4.74 Å². The molecule has 4 nitrogen and oxygen atoms in total. The molecule has 1 saturated heterocycles. The fourth-order valence-electron chi connectivity index (χ4n) is 2.82. The molecule has 0 aliphatic carbocycles. The van der Waals surface area contributed by atoms with E-state index >= 15 is 0 Å². The molecule has 1 aliphatic rings. The van der Waals surface area contributed by atoms with Gasteiger partial charge in [-0.1, -0.05) is 30.3 Å². The van der Waals surface area contributed by atoms with Crippen LogP contribution in [0.15, 0.2) is 30.3 Å². The summed E-state index contributed by atoms with van der Waals surface area (Å²) in [7, 11) is 0. The van der Waals surface area contributed by atoms with Crippen molar-refractivity contribution in [1.82, 2.24) is 4.90 Å². The monoisotopic (exact) mass is 275 g/mol. The van der Waals surface area contributed by atoms with E-state index in [2.05, 4.69) is 17.0 Å². The number of nitrogens with two attached hydrogens (primary N) is 1. The average molecular weight is 275 g/mol. The molecule has 0 saturated carbocycles. The highest BCUT2D eigenvalue weighted by Crippen LogP contribution is 2.20. The van der Waals surface area contributed by atoms with Crippen molar-refractivity contribution in [3.05, 3.63) is 35.9 Å². The van der Waals surface area contributed by atoms with Gasteiger partial charge in [-0.05, 0) is 25.3 Å². The van der Waals surface area contributed by atoms with Crippen molar-refractivity contribution in [3.8, 4) is 0 Å². The zero-order valence-electron chi connectivity index (χ0n) is 12.2. The third-order valence-electron chi connectivity index (χ3n) is 3.96. The molecule has 110 valence electrons. The van der Waals surface area contributed by atoms with Gasteiger partial charge in [0.2, 0.25) is 0 Å². The van der Waals surface area contributed by atoms with Crippen LogP contribution in [0.3, 0.4) is 0 Å². The van der Waals surface area contributed by atoms with Gasteiger partial charge in [-0.15, -0.1) is 0 Å². The number of nitrogens with zero attached hydrogens (tertiary/aromatic N) is 1. The van der Waals surface area contributed by atoms with E-state index in [1.165, 1.54) is 0 Å². The highest BCUT2D eigenvalue weighted by molar-refractivity contribution is 5.84. The fraction of sp³-hybridized carbons (Fsp3) is 0.562. The molecule has 1 fully saturated rings. The van der Waals surface area contributed by atoms with Crippen molar-refractivity contribution in [2.45, 2.75) is 31.8 Å². The molecule has 0 spiro atoms. The third kappa shape index (κ3) is 4.05. The van der Waals surface area contributed by atoms with Gasteiger partial charge in [0, 0.05) is 26.2 Å². The molecule has 3 N–H and O–H groups in total. The van der Waals surface area contributed by atoms with E-state index in [1.54, 1.807) is 0 Å². The van der Waals surface area contributed by atoms with Crippen molar-refractivity contribution in [2.24, 2.45) is 5.73 Å². The normalized spacial score (nSPS) is 18.9. The number of hydrogen-bond acceptors (Lipinski definition) is 3. The van der Waals surface area contributed by atoms with E-state index in [9.17, 15) is 0 Å². The van der Waals surface area contributed by atoms with Crippen LogP contribution < -0.4 is 5.73 Å². The van der Waals surface area contributed by atoms with Gasteiger partial charge in [-0.25, -0.2) is 0 Å². The summed E-state index contributed by atoms with van der Waals surface area (Å²) in [4.78, 5) is 2.40. The predicted octanol–water partition coefficient (Wildman–Crippen LogP) is 2.21. The zero-order chi connectivity index (χ0) is 14.4. The number of likely N-dealkylation sites (tertiary alicyclic amines) is 1. The molecule has 0 bridgehead atoms. The first-order chi connectivity index (χ1) is 9.70. The Morgan fingerprint density at radius 1 is 1.35 bits per heavy atom. The lowest BCUT2D eigenvalue weighted by atomic mass is 9.96. The second kappa shape index (κ2) is 7.41. The minimum atomic E-state index is -0.000145. The van der Waals surface area contributed by atoms with Crippen LogP contribution in [0.25, 0.3) is 0 Å². The van der Waals surface area contributed by atoms with Crippen LogP contribution in [0, 0.1) is 5.41 Å². The van der Waals surface area contributed by atoms with Gasteiger partial charge in [0.15, 0.2) is 0 Å². The SMILES string of the molecule is CCOC1CCN(CC(C(=N)N)c2ccccc2)CC1. The minimum absolute atomic E-state index is 0.000145. The maximum Gasteiger partial charge on any atom is 0.0995 e. The molecular weight excluding hydrogens is 250 g/mol. The van der Waals surface area contributed by atoms with Crippen molar-refractivity contribution in [1.29, 1.82) is 5.41 Å². The molecule has 0 radical (unpaired) electrons. The summed E-state index contributed by atoms with van der Waals surface area (Å²) in [5, 5.41) is 7.84. The van der Waals surface area contributed by atoms with Crippen molar-refractivity contribution >= 4 is 5.84 Å². The average Bonchev–Trinajstić information content (AvgIpc) is 2.47. The predicted molar refractivity (Wildman–Crippen MR) is 82.2 cm³/mol. The number of hydrogen-bond donors (Lipinski definition) is 2. The maximum atomic E-state index is 7.84. The lowest BCUT2D eigenvalue weighted by Gasteiger charge is -2.34. The smallest absolute Gasteiger partial charge is 0.0995 e. The first-order valence-electron chi connectivity index (χ1n) is 7.43. The number of rotatable bonds is 6. The van der Waals surface area contributed by atoms with Gasteiger partial charge >= 0.3 is 0 Å². The Balaban J connectivity index is 1.92. The Kier molecular flexibility index (Phi) is 5.56. The van der Waals surface area contributed by atoms with Gasteiger partial charge in [0.1, 0.15) is 0 Å². The minimum Gasteiger partial charge on any atom is -0.387 e. The highest BCUT2D eigenvalue weighted by atomic mass is 16.5. The third-order valence-corrected chi connectivity index (χ3v) is 3.96. The van der Waals surface area contributed by atoms with Crippen LogP contribution in [0.5, 0.6) is 0 Å². The second-order valence-electron chi connectivity index (χ2n) is 5.37. The molecule has 0 amide bonds. The first kappa shape index (κ1) is 15.0. The number of ether oxygens (including phenoxy) is 1. The van der Waals surface area contributed by atoms with E-state index in [4.69, 9.17) is 15.9 Å². The molecule has 1 heterocycles. The number of nitrogens with one attached hydrogen (secondary N) is 1. The van der Waals surface area contributed by atoms with Crippen LogP contribution in [0.1, 0.15) is 31.2 Å². The van der Waals surface area contributed by atoms with Gasteiger partial charge in [-0.2, -0.15) is 0 Å². The molecule has 1 unspecified atom stereocenters. The van der Waals surface area contributed by atoms with Crippen LogP contribution >= 0.6 is 0 Å².